The van der Waals surface area contributed by atoms with Crippen LogP contribution < -0.4 is 0 Å². The Kier molecular flexibility index (Phi) is 5.97. The summed E-state index contributed by atoms with van der Waals surface area (Å²) in [7, 11) is 0. The maximum absolute atomic E-state index is 12.9. The Balaban J connectivity index is 2.13. The summed E-state index contributed by atoms with van der Waals surface area (Å²) >= 11 is 0. The van der Waals surface area contributed by atoms with E-state index in [9.17, 15) is 24.8 Å². The molecule has 7 heteroatoms. The third-order valence-corrected chi connectivity index (χ3v) is 5.45. The number of benzene rings is 2. The maximum atomic E-state index is 12.9. The minimum Gasteiger partial charge on any atom is -0.507 e. The van der Waals surface area contributed by atoms with E-state index in [0.29, 0.717) is 13.0 Å². The number of likely N-dealkylation sites (tertiary alicyclic amines) is 1. The lowest BCUT2D eigenvalue weighted by molar-refractivity contribution is -0.384. The number of hydrogen-bond donors (Lipinski definition) is 1. The molecule has 1 N–H and O–H groups in total. The molecule has 1 heterocycles. The molecule has 1 unspecified atom stereocenters. The van der Waals surface area contributed by atoms with Crippen molar-refractivity contribution in [1.29, 1.82) is 0 Å². The molecule has 0 aromatic heterocycles. The van der Waals surface area contributed by atoms with Gasteiger partial charge >= 0.3 is 0 Å². The molecule has 2 aromatic rings. The van der Waals surface area contributed by atoms with Crippen LogP contribution in [0.5, 0.6) is 0 Å². The third kappa shape index (κ3) is 4.21. The molecule has 0 radical (unpaired) electrons. The Hall–Kier alpha value is -3.48. The second-order valence-corrected chi connectivity index (χ2v) is 8.67. The fourth-order valence-electron chi connectivity index (χ4n) is 3.76. The molecule has 0 bridgehead atoms. The van der Waals surface area contributed by atoms with Crippen LogP contribution in [-0.4, -0.2) is 33.2 Å². The molecule has 162 valence electrons. The molecule has 0 saturated carbocycles. The highest BCUT2D eigenvalue weighted by Gasteiger charge is 2.45. The lowest BCUT2D eigenvalue weighted by Crippen LogP contribution is -2.30. The van der Waals surface area contributed by atoms with Gasteiger partial charge in [0.05, 0.1) is 16.5 Å². The standard InChI is InChI=1S/C24H26N2O5/c1-5-14-25-20(15-6-10-17(11-7-15)24(2,3)4)19(22(28)23(25)29)21(27)16-8-12-18(13-9-16)26(30)31/h6-13,20,27H,5,14H2,1-4H3/b21-19-. The van der Waals surface area contributed by atoms with Gasteiger partial charge in [-0.1, -0.05) is 52.0 Å². The quantitative estimate of drug-likeness (QED) is 0.247. The number of hydrogen-bond acceptors (Lipinski definition) is 5. The van der Waals surface area contributed by atoms with Crippen molar-refractivity contribution in [3.05, 3.63) is 80.9 Å². The molecule has 31 heavy (non-hydrogen) atoms. The van der Waals surface area contributed by atoms with Crippen molar-refractivity contribution in [1.82, 2.24) is 4.90 Å². The van der Waals surface area contributed by atoms with Crippen LogP contribution in [0.1, 0.15) is 56.8 Å². The number of aliphatic hydroxyl groups is 1. The Bertz CT molecular complexity index is 1050. The van der Waals surface area contributed by atoms with E-state index in [1.807, 2.05) is 31.2 Å². The normalized spacial score (nSPS) is 18.5. The van der Waals surface area contributed by atoms with Crippen LogP contribution in [-0.2, 0) is 15.0 Å². The molecule has 7 nitrogen and oxygen atoms in total. The van der Waals surface area contributed by atoms with Crippen LogP contribution in [0.4, 0.5) is 5.69 Å². The van der Waals surface area contributed by atoms with E-state index in [4.69, 9.17) is 0 Å². The van der Waals surface area contributed by atoms with Crippen LogP contribution in [0, 0.1) is 10.1 Å². The molecule has 1 amide bonds. The molecule has 3 rings (SSSR count). The highest BCUT2D eigenvalue weighted by Crippen LogP contribution is 2.40. The van der Waals surface area contributed by atoms with Crippen LogP contribution in [0.25, 0.3) is 5.76 Å². The van der Waals surface area contributed by atoms with Gasteiger partial charge in [0, 0.05) is 24.2 Å². The number of rotatable bonds is 5. The number of ketones is 1. The van der Waals surface area contributed by atoms with Gasteiger partial charge in [0.1, 0.15) is 5.76 Å². The number of nitrogens with zero attached hydrogens (tertiary/aromatic N) is 2. The number of carbonyl (C=O) groups is 2. The van der Waals surface area contributed by atoms with Gasteiger partial charge in [-0.05, 0) is 35.1 Å². The first-order valence-corrected chi connectivity index (χ1v) is 10.2. The summed E-state index contributed by atoms with van der Waals surface area (Å²) in [4.78, 5) is 37.5. The lowest BCUT2D eigenvalue weighted by Gasteiger charge is -2.26. The zero-order valence-corrected chi connectivity index (χ0v) is 18.1. The minimum atomic E-state index is -0.755. The SMILES string of the molecule is CCCN1C(=O)C(=O)/C(=C(\O)c2ccc([N+](=O)[O-])cc2)C1c1ccc(C(C)(C)C)cc1. The summed E-state index contributed by atoms with van der Waals surface area (Å²) in [6.45, 7) is 8.57. The Morgan fingerprint density at radius 2 is 1.65 bits per heavy atom. The Morgan fingerprint density at radius 3 is 2.13 bits per heavy atom. The molecular formula is C24H26N2O5. The summed E-state index contributed by atoms with van der Waals surface area (Å²) in [5.41, 5.74) is 1.90. The first-order valence-electron chi connectivity index (χ1n) is 10.2. The largest absolute Gasteiger partial charge is 0.507 e. The minimum absolute atomic E-state index is 0.00388. The first kappa shape index (κ1) is 22.2. The monoisotopic (exact) mass is 422 g/mol. The van der Waals surface area contributed by atoms with E-state index < -0.39 is 22.7 Å². The summed E-state index contributed by atoms with van der Waals surface area (Å²) in [5.74, 6) is -1.75. The van der Waals surface area contributed by atoms with Gasteiger partial charge in [-0.25, -0.2) is 0 Å². The van der Waals surface area contributed by atoms with Gasteiger partial charge in [0.15, 0.2) is 0 Å². The van der Waals surface area contributed by atoms with E-state index >= 15 is 0 Å². The van der Waals surface area contributed by atoms with Gasteiger partial charge in [-0.3, -0.25) is 19.7 Å². The second kappa shape index (κ2) is 8.34. The highest BCUT2D eigenvalue weighted by atomic mass is 16.6. The van der Waals surface area contributed by atoms with Crippen molar-refractivity contribution in [3.63, 3.8) is 0 Å². The first-order chi connectivity index (χ1) is 14.6. The Labute approximate surface area is 181 Å². The molecule has 1 aliphatic rings. The number of aliphatic hydroxyl groups excluding tert-OH is 1. The fraction of sp³-hybridized carbons (Fsp3) is 0.333. The van der Waals surface area contributed by atoms with Crippen molar-refractivity contribution in [3.8, 4) is 0 Å². The fourth-order valence-corrected chi connectivity index (χ4v) is 3.76. The van der Waals surface area contributed by atoms with E-state index in [2.05, 4.69) is 20.8 Å². The summed E-state index contributed by atoms with van der Waals surface area (Å²) in [6, 6.07) is 12.2. The molecular weight excluding hydrogens is 396 g/mol. The number of non-ortho nitro benzene ring substituents is 1. The van der Waals surface area contributed by atoms with Gasteiger partial charge < -0.3 is 10.0 Å². The second-order valence-electron chi connectivity index (χ2n) is 8.67. The van der Waals surface area contributed by atoms with E-state index in [0.717, 1.165) is 11.1 Å². The predicted octanol–water partition coefficient (Wildman–Crippen LogP) is 4.72. The average molecular weight is 422 g/mol. The molecule has 1 saturated heterocycles. The third-order valence-electron chi connectivity index (χ3n) is 5.45. The van der Waals surface area contributed by atoms with Crippen molar-refractivity contribution in [2.24, 2.45) is 0 Å². The van der Waals surface area contributed by atoms with Crippen molar-refractivity contribution < 1.29 is 19.6 Å². The molecule has 0 spiro atoms. The van der Waals surface area contributed by atoms with Gasteiger partial charge in [0.25, 0.3) is 17.4 Å². The molecule has 1 aliphatic heterocycles. The molecule has 0 aliphatic carbocycles. The predicted molar refractivity (Wildman–Crippen MR) is 118 cm³/mol. The van der Waals surface area contributed by atoms with Crippen LogP contribution in [0.2, 0.25) is 0 Å². The van der Waals surface area contributed by atoms with E-state index in [-0.39, 0.29) is 28.0 Å². The van der Waals surface area contributed by atoms with Crippen molar-refractivity contribution >= 4 is 23.1 Å². The smallest absolute Gasteiger partial charge is 0.295 e. The van der Waals surface area contributed by atoms with Crippen molar-refractivity contribution in [2.45, 2.75) is 45.6 Å². The van der Waals surface area contributed by atoms with E-state index in [1.165, 1.54) is 29.2 Å². The van der Waals surface area contributed by atoms with E-state index in [1.54, 1.807) is 0 Å². The van der Waals surface area contributed by atoms with Crippen LogP contribution in [0.3, 0.4) is 0 Å². The lowest BCUT2D eigenvalue weighted by atomic mass is 9.85. The molecule has 2 aromatic carbocycles. The molecule has 1 fully saturated rings. The zero-order valence-electron chi connectivity index (χ0n) is 18.1. The zero-order chi connectivity index (χ0) is 22.9. The number of carbonyl (C=O) groups excluding carboxylic acids is 2. The number of nitro groups is 1. The number of Topliss-reactive ketones (excluding diaryl/α,β-unsaturated/α-hetero) is 1. The summed E-state index contributed by atoms with van der Waals surface area (Å²) in [6.07, 6.45) is 0.654. The van der Waals surface area contributed by atoms with Gasteiger partial charge in [-0.15, -0.1) is 0 Å². The van der Waals surface area contributed by atoms with Crippen LogP contribution in [0.15, 0.2) is 54.1 Å². The highest BCUT2D eigenvalue weighted by molar-refractivity contribution is 6.46. The van der Waals surface area contributed by atoms with Gasteiger partial charge in [0.2, 0.25) is 0 Å². The molecule has 1 atom stereocenters. The average Bonchev–Trinajstić information content (AvgIpc) is 2.98. The number of amides is 1. The maximum Gasteiger partial charge on any atom is 0.295 e. The van der Waals surface area contributed by atoms with Gasteiger partial charge in [-0.2, -0.15) is 0 Å². The Morgan fingerprint density at radius 1 is 1.06 bits per heavy atom. The summed E-state index contributed by atoms with van der Waals surface area (Å²) in [5, 5.41) is 21.9. The summed E-state index contributed by atoms with van der Waals surface area (Å²) < 4.78 is 0. The van der Waals surface area contributed by atoms with Crippen molar-refractivity contribution in [2.75, 3.05) is 6.54 Å². The number of nitro benzene ring substituents is 1. The topological polar surface area (TPSA) is 101 Å². The van der Waals surface area contributed by atoms with Crippen LogP contribution >= 0.6 is 0 Å².